The Bertz CT molecular complexity index is 561. The molecule has 0 fully saturated rings. The number of nitrogens with zero attached hydrogens (tertiary/aromatic N) is 2. The SMILES string of the molecule is COc1ccc(-c2cc(N)c(=O)n(C)n2)cc1. The van der Waals surface area contributed by atoms with Crippen LogP contribution in [0.5, 0.6) is 5.75 Å². The van der Waals surface area contributed by atoms with Crippen LogP contribution in [0.3, 0.4) is 0 Å². The maximum Gasteiger partial charge on any atom is 0.289 e. The lowest BCUT2D eigenvalue weighted by molar-refractivity contribution is 0.415. The van der Waals surface area contributed by atoms with Gasteiger partial charge in [-0.2, -0.15) is 5.10 Å². The molecule has 1 aromatic carbocycles. The van der Waals surface area contributed by atoms with Gasteiger partial charge in [0.05, 0.1) is 12.8 Å². The number of benzene rings is 1. The molecule has 5 nitrogen and oxygen atoms in total. The number of aryl methyl sites for hydroxylation is 1. The summed E-state index contributed by atoms with van der Waals surface area (Å²) in [5.41, 5.74) is 7.06. The van der Waals surface area contributed by atoms with Crippen LogP contribution in [0.1, 0.15) is 0 Å². The van der Waals surface area contributed by atoms with Crippen LogP contribution in [-0.4, -0.2) is 16.9 Å². The van der Waals surface area contributed by atoms with E-state index in [2.05, 4.69) is 5.10 Å². The summed E-state index contributed by atoms with van der Waals surface area (Å²) < 4.78 is 6.30. The molecule has 1 heterocycles. The van der Waals surface area contributed by atoms with E-state index < -0.39 is 0 Å². The van der Waals surface area contributed by atoms with Gasteiger partial charge < -0.3 is 10.5 Å². The molecule has 0 saturated heterocycles. The van der Waals surface area contributed by atoms with E-state index in [1.807, 2.05) is 24.3 Å². The fourth-order valence-corrected chi connectivity index (χ4v) is 1.53. The van der Waals surface area contributed by atoms with Crippen LogP contribution in [0, 0.1) is 0 Å². The molecule has 0 atom stereocenters. The van der Waals surface area contributed by atoms with Gasteiger partial charge in [-0.15, -0.1) is 0 Å². The highest BCUT2D eigenvalue weighted by Gasteiger charge is 2.05. The highest BCUT2D eigenvalue weighted by molar-refractivity contribution is 5.62. The molecule has 0 aliphatic heterocycles. The van der Waals surface area contributed by atoms with Crippen molar-refractivity contribution in [3.05, 3.63) is 40.7 Å². The van der Waals surface area contributed by atoms with Crippen molar-refractivity contribution >= 4 is 5.69 Å². The molecule has 2 N–H and O–H groups in total. The Morgan fingerprint density at radius 2 is 1.94 bits per heavy atom. The molecule has 0 aliphatic rings. The van der Waals surface area contributed by atoms with E-state index in [1.165, 1.54) is 4.68 Å². The van der Waals surface area contributed by atoms with Crippen LogP contribution in [0.4, 0.5) is 5.69 Å². The molecule has 2 aromatic rings. The monoisotopic (exact) mass is 231 g/mol. The van der Waals surface area contributed by atoms with Gasteiger partial charge in [0.1, 0.15) is 11.4 Å². The summed E-state index contributed by atoms with van der Waals surface area (Å²) in [6.45, 7) is 0. The average molecular weight is 231 g/mol. The third kappa shape index (κ3) is 2.13. The lowest BCUT2D eigenvalue weighted by Crippen LogP contribution is -2.22. The van der Waals surface area contributed by atoms with E-state index in [9.17, 15) is 4.79 Å². The maximum atomic E-state index is 11.4. The van der Waals surface area contributed by atoms with Crippen LogP contribution in [0.2, 0.25) is 0 Å². The molecule has 0 unspecified atom stereocenters. The van der Waals surface area contributed by atoms with E-state index in [4.69, 9.17) is 10.5 Å². The summed E-state index contributed by atoms with van der Waals surface area (Å²) in [6, 6.07) is 8.97. The summed E-state index contributed by atoms with van der Waals surface area (Å²) in [5, 5.41) is 4.14. The largest absolute Gasteiger partial charge is 0.497 e. The van der Waals surface area contributed by atoms with Gasteiger partial charge >= 0.3 is 0 Å². The highest BCUT2D eigenvalue weighted by atomic mass is 16.5. The van der Waals surface area contributed by atoms with Crippen molar-refractivity contribution in [2.45, 2.75) is 0 Å². The first-order valence-corrected chi connectivity index (χ1v) is 5.10. The number of hydrogen-bond acceptors (Lipinski definition) is 4. The maximum absolute atomic E-state index is 11.4. The topological polar surface area (TPSA) is 70.1 Å². The Morgan fingerprint density at radius 1 is 1.29 bits per heavy atom. The van der Waals surface area contributed by atoms with Crippen LogP contribution in [0.25, 0.3) is 11.3 Å². The van der Waals surface area contributed by atoms with E-state index in [-0.39, 0.29) is 11.2 Å². The van der Waals surface area contributed by atoms with E-state index in [0.29, 0.717) is 5.69 Å². The zero-order valence-electron chi connectivity index (χ0n) is 9.68. The Balaban J connectivity index is 2.49. The molecule has 0 amide bonds. The molecular formula is C12H13N3O2. The minimum Gasteiger partial charge on any atom is -0.497 e. The minimum absolute atomic E-state index is 0.188. The Morgan fingerprint density at radius 3 is 2.47 bits per heavy atom. The molecule has 0 radical (unpaired) electrons. The van der Waals surface area contributed by atoms with Crippen LogP contribution >= 0.6 is 0 Å². The summed E-state index contributed by atoms with van der Waals surface area (Å²) >= 11 is 0. The van der Waals surface area contributed by atoms with Gasteiger partial charge in [0, 0.05) is 12.6 Å². The van der Waals surface area contributed by atoms with Crippen LogP contribution < -0.4 is 16.0 Å². The number of methoxy groups -OCH3 is 1. The predicted octanol–water partition coefficient (Wildman–Crippen LogP) is 1.04. The summed E-state index contributed by atoms with van der Waals surface area (Å²) in [4.78, 5) is 11.4. The number of anilines is 1. The summed E-state index contributed by atoms with van der Waals surface area (Å²) in [5.74, 6) is 0.770. The van der Waals surface area contributed by atoms with Crippen LogP contribution in [-0.2, 0) is 7.05 Å². The molecule has 2 rings (SSSR count). The van der Waals surface area contributed by atoms with Gasteiger partial charge in [-0.25, -0.2) is 4.68 Å². The minimum atomic E-state index is -0.290. The predicted molar refractivity (Wildman–Crippen MR) is 65.9 cm³/mol. The third-order valence-electron chi connectivity index (χ3n) is 2.48. The number of ether oxygens (including phenoxy) is 1. The molecular weight excluding hydrogens is 218 g/mol. The van der Waals surface area contributed by atoms with Crippen molar-refractivity contribution in [1.29, 1.82) is 0 Å². The smallest absolute Gasteiger partial charge is 0.289 e. The normalized spacial score (nSPS) is 10.2. The number of aromatic nitrogens is 2. The zero-order valence-corrected chi connectivity index (χ0v) is 9.68. The highest BCUT2D eigenvalue weighted by Crippen LogP contribution is 2.20. The number of rotatable bonds is 2. The number of hydrogen-bond donors (Lipinski definition) is 1. The van der Waals surface area contributed by atoms with Crippen molar-refractivity contribution in [3.63, 3.8) is 0 Å². The Hall–Kier alpha value is -2.30. The van der Waals surface area contributed by atoms with E-state index >= 15 is 0 Å². The van der Waals surface area contributed by atoms with E-state index in [1.54, 1.807) is 20.2 Å². The van der Waals surface area contributed by atoms with Crippen LogP contribution in [0.15, 0.2) is 35.1 Å². The lowest BCUT2D eigenvalue weighted by atomic mass is 10.1. The van der Waals surface area contributed by atoms with Gasteiger partial charge in [0.15, 0.2) is 0 Å². The van der Waals surface area contributed by atoms with E-state index in [0.717, 1.165) is 11.3 Å². The molecule has 1 aromatic heterocycles. The van der Waals surface area contributed by atoms with Crippen molar-refractivity contribution in [2.24, 2.45) is 7.05 Å². The van der Waals surface area contributed by atoms with Gasteiger partial charge in [0.2, 0.25) is 0 Å². The van der Waals surface area contributed by atoms with Gasteiger partial charge in [0.25, 0.3) is 5.56 Å². The van der Waals surface area contributed by atoms with Crippen molar-refractivity contribution in [2.75, 3.05) is 12.8 Å². The number of nitrogens with two attached hydrogens (primary N) is 1. The first-order valence-electron chi connectivity index (χ1n) is 5.10. The third-order valence-corrected chi connectivity index (χ3v) is 2.48. The zero-order chi connectivity index (χ0) is 12.4. The number of nitrogen functional groups attached to an aromatic ring is 1. The molecule has 0 bridgehead atoms. The summed E-state index contributed by atoms with van der Waals surface area (Å²) in [6.07, 6.45) is 0. The Kier molecular flexibility index (Phi) is 2.82. The second-order valence-corrected chi connectivity index (χ2v) is 3.64. The molecule has 0 spiro atoms. The van der Waals surface area contributed by atoms with Gasteiger partial charge in [-0.3, -0.25) is 4.79 Å². The standard InChI is InChI=1S/C12H13N3O2/c1-15-12(16)10(13)7-11(14-15)8-3-5-9(17-2)6-4-8/h3-7H,13H2,1-2H3. The second-order valence-electron chi connectivity index (χ2n) is 3.64. The van der Waals surface area contributed by atoms with Gasteiger partial charge in [-0.05, 0) is 30.3 Å². The quantitative estimate of drug-likeness (QED) is 0.838. The summed E-state index contributed by atoms with van der Waals surface area (Å²) in [7, 11) is 3.18. The first-order chi connectivity index (χ1) is 8.11. The molecule has 5 heteroatoms. The molecule has 17 heavy (non-hydrogen) atoms. The second kappa shape index (κ2) is 4.29. The van der Waals surface area contributed by atoms with Crippen molar-refractivity contribution in [3.8, 4) is 17.0 Å². The van der Waals surface area contributed by atoms with Crippen molar-refractivity contribution in [1.82, 2.24) is 9.78 Å². The Labute approximate surface area is 98.5 Å². The fraction of sp³-hybridized carbons (Fsp3) is 0.167. The lowest BCUT2D eigenvalue weighted by Gasteiger charge is -2.05. The molecule has 88 valence electrons. The van der Waals surface area contributed by atoms with Crippen molar-refractivity contribution < 1.29 is 4.74 Å². The van der Waals surface area contributed by atoms with Gasteiger partial charge in [-0.1, -0.05) is 0 Å². The molecule has 0 saturated carbocycles. The fourth-order valence-electron chi connectivity index (χ4n) is 1.53. The average Bonchev–Trinajstić information content (AvgIpc) is 2.35. The first kappa shape index (κ1) is 11.2. The molecule has 0 aliphatic carbocycles.